The van der Waals surface area contributed by atoms with Crippen LogP contribution in [0.25, 0.3) is 0 Å². The van der Waals surface area contributed by atoms with Crippen molar-refractivity contribution in [2.24, 2.45) is 0 Å². The molecular formula is C10H16N2O. The summed E-state index contributed by atoms with van der Waals surface area (Å²) in [5.41, 5.74) is 0.809. The average Bonchev–Trinajstić information content (AvgIpc) is 2.17. The summed E-state index contributed by atoms with van der Waals surface area (Å²) in [4.78, 5) is 1.94. The van der Waals surface area contributed by atoms with Gasteiger partial charge in [0.15, 0.2) is 0 Å². The minimum absolute atomic E-state index is 0.0256. The zero-order valence-electron chi connectivity index (χ0n) is 8.31. The maximum atomic E-state index is 9.75. The van der Waals surface area contributed by atoms with Crippen LogP contribution in [0.1, 0.15) is 6.92 Å². The first-order chi connectivity index (χ1) is 6.13. The quantitative estimate of drug-likeness (QED) is 0.567. The van der Waals surface area contributed by atoms with Crippen LogP contribution in [0.5, 0.6) is 0 Å². The third kappa shape index (κ3) is 2.44. The van der Waals surface area contributed by atoms with Crippen molar-refractivity contribution in [3.05, 3.63) is 30.3 Å². The number of hydroxylamine groups is 1. The molecule has 1 atom stereocenters. The lowest BCUT2D eigenvalue weighted by Gasteiger charge is -2.29. The van der Waals surface area contributed by atoms with Gasteiger partial charge in [0.2, 0.25) is 0 Å². The van der Waals surface area contributed by atoms with E-state index in [0.717, 1.165) is 5.69 Å². The van der Waals surface area contributed by atoms with Crippen LogP contribution < -0.4 is 5.06 Å². The van der Waals surface area contributed by atoms with E-state index in [0.29, 0.717) is 0 Å². The fourth-order valence-corrected chi connectivity index (χ4v) is 1.02. The molecule has 0 saturated carbocycles. The number of nitrogens with zero attached hydrogens (tertiary/aromatic N) is 2. The molecule has 0 spiro atoms. The van der Waals surface area contributed by atoms with Crippen molar-refractivity contribution in [1.29, 1.82) is 0 Å². The minimum Gasteiger partial charge on any atom is -0.288 e. The van der Waals surface area contributed by atoms with Crippen molar-refractivity contribution in [2.75, 3.05) is 19.2 Å². The average molecular weight is 180 g/mol. The monoisotopic (exact) mass is 180 g/mol. The predicted octanol–water partition coefficient (Wildman–Crippen LogP) is 1.79. The van der Waals surface area contributed by atoms with Crippen LogP contribution in [0.15, 0.2) is 30.3 Å². The SMILES string of the molecule is CC(N(C)C)N(O)c1ccccc1. The second-order valence-electron chi connectivity index (χ2n) is 3.28. The highest BCUT2D eigenvalue weighted by Crippen LogP contribution is 2.14. The summed E-state index contributed by atoms with van der Waals surface area (Å²) in [5.74, 6) is 0. The van der Waals surface area contributed by atoms with Crippen LogP contribution in [0.2, 0.25) is 0 Å². The zero-order valence-corrected chi connectivity index (χ0v) is 8.31. The molecule has 1 aromatic rings. The number of rotatable bonds is 3. The lowest BCUT2D eigenvalue weighted by atomic mass is 10.3. The van der Waals surface area contributed by atoms with Gasteiger partial charge in [0.05, 0.1) is 5.69 Å². The highest BCUT2D eigenvalue weighted by Gasteiger charge is 2.12. The van der Waals surface area contributed by atoms with Gasteiger partial charge in [0, 0.05) is 0 Å². The Morgan fingerprint density at radius 1 is 1.15 bits per heavy atom. The van der Waals surface area contributed by atoms with Gasteiger partial charge in [-0.15, -0.1) is 0 Å². The van der Waals surface area contributed by atoms with E-state index >= 15 is 0 Å². The van der Waals surface area contributed by atoms with Crippen LogP contribution >= 0.6 is 0 Å². The second-order valence-corrected chi connectivity index (χ2v) is 3.28. The molecule has 72 valence electrons. The molecule has 0 fully saturated rings. The normalized spacial score (nSPS) is 13.0. The van der Waals surface area contributed by atoms with Gasteiger partial charge in [-0.2, -0.15) is 0 Å². The maximum absolute atomic E-state index is 9.75. The third-order valence-electron chi connectivity index (χ3n) is 2.12. The van der Waals surface area contributed by atoms with Crippen molar-refractivity contribution in [3.63, 3.8) is 0 Å². The van der Waals surface area contributed by atoms with Crippen LogP contribution in [-0.2, 0) is 0 Å². The van der Waals surface area contributed by atoms with Crippen LogP contribution in [0, 0.1) is 0 Å². The standard InChI is InChI=1S/C10H16N2O/c1-9(11(2)3)12(13)10-7-5-4-6-8-10/h4-9,13H,1-3H3. The Hall–Kier alpha value is -1.06. The van der Waals surface area contributed by atoms with E-state index in [1.54, 1.807) is 0 Å². The van der Waals surface area contributed by atoms with Crippen molar-refractivity contribution in [1.82, 2.24) is 4.90 Å². The molecule has 0 heterocycles. The summed E-state index contributed by atoms with van der Waals surface area (Å²) in [5, 5.41) is 11.0. The molecule has 0 aliphatic rings. The van der Waals surface area contributed by atoms with Gasteiger partial charge in [0.25, 0.3) is 0 Å². The summed E-state index contributed by atoms with van der Waals surface area (Å²) in [7, 11) is 3.85. The molecule has 1 rings (SSSR count). The van der Waals surface area contributed by atoms with Gasteiger partial charge in [-0.3, -0.25) is 10.1 Å². The minimum atomic E-state index is -0.0256. The molecule has 1 unspecified atom stereocenters. The first kappa shape index (κ1) is 10.0. The highest BCUT2D eigenvalue weighted by molar-refractivity contribution is 5.43. The summed E-state index contributed by atoms with van der Waals surface area (Å²) < 4.78 is 0. The van der Waals surface area contributed by atoms with Gasteiger partial charge in [0.1, 0.15) is 6.17 Å². The summed E-state index contributed by atoms with van der Waals surface area (Å²) in [6, 6.07) is 9.49. The summed E-state index contributed by atoms with van der Waals surface area (Å²) >= 11 is 0. The van der Waals surface area contributed by atoms with Gasteiger partial charge >= 0.3 is 0 Å². The molecule has 13 heavy (non-hydrogen) atoms. The fraction of sp³-hybridized carbons (Fsp3) is 0.400. The smallest absolute Gasteiger partial charge is 0.105 e. The lowest BCUT2D eigenvalue weighted by Crippen LogP contribution is -2.40. The number of anilines is 1. The van der Waals surface area contributed by atoms with E-state index in [9.17, 15) is 5.21 Å². The van der Waals surface area contributed by atoms with E-state index in [4.69, 9.17) is 0 Å². The van der Waals surface area contributed by atoms with Gasteiger partial charge in [-0.1, -0.05) is 18.2 Å². The summed E-state index contributed by atoms with van der Waals surface area (Å²) in [6.45, 7) is 1.94. The number of benzene rings is 1. The molecule has 0 bridgehead atoms. The Balaban J connectivity index is 2.73. The Morgan fingerprint density at radius 2 is 1.69 bits per heavy atom. The topological polar surface area (TPSA) is 26.7 Å². The largest absolute Gasteiger partial charge is 0.288 e. The second kappa shape index (κ2) is 4.25. The number of para-hydroxylation sites is 1. The molecule has 3 nitrogen and oxygen atoms in total. The van der Waals surface area contributed by atoms with E-state index in [-0.39, 0.29) is 6.17 Å². The van der Waals surface area contributed by atoms with E-state index in [1.807, 2.05) is 56.3 Å². The van der Waals surface area contributed by atoms with E-state index in [1.165, 1.54) is 5.06 Å². The number of hydrogen-bond acceptors (Lipinski definition) is 3. The molecule has 0 amide bonds. The molecule has 3 heteroatoms. The first-order valence-electron chi connectivity index (χ1n) is 4.32. The van der Waals surface area contributed by atoms with Crippen LogP contribution in [0.4, 0.5) is 5.69 Å². The molecular weight excluding hydrogens is 164 g/mol. The van der Waals surface area contributed by atoms with E-state index < -0.39 is 0 Å². The predicted molar refractivity (Wildman–Crippen MR) is 53.9 cm³/mol. The molecule has 1 N–H and O–H groups in total. The van der Waals surface area contributed by atoms with Gasteiger partial charge in [-0.05, 0) is 33.2 Å². The molecule has 0 aliphatic heterocycles. The highest BCUT2D eigenvalue weighted by atomic mass is 16.5. The first-order valence-corrected chi connectivity index (χ1v) is 4.32. The third-order valence-corrected chi connectivity index (χ3v) is 2.12. The Kier molecular flexibility index (Phi) is 3.28. The molecule has 0 aliphatic carbocycles. The van der Waals surface area contributed by atoms with Crippen LogP contribution in [-0.4, -0.2) is 30.4 Å². The Morgan fingerprint density at radius 3 is 2.15 bits per heavy atom. The fourth-order valence-electron chi connectivity index (χ4n) is 1.02. The zero-order chi connectivity index (χ0) is 9.84. The Bertz CT molecular complexity index is 248. The van der Waals surface area contributed by atoms with Crippen molar-refractivity contribution >= 4 is 5.69 Å². The van der Waals surface area contributed by atoms with Crippen molar-refractivity contribution < 1.29 is 5.21 Å². The van der Waals surface area contributed by atoms with Crippen molar-refractivity contribution in [2.45, 2.75) is 13.1 Å². The maximum Gasteiger partial charge on any atom is 0.105 e. The van der Waals surface area contributed by atoms with E-state index in [2.05, 4.69) is 0 Å². The summed E-state index contributed by atoms with van der Waals surface area (Å²) in [6.07, 6.45) is -0.0256. The van der Waals surface area contributed by atoms with Crippen LogP contribution in [0.3, 0.4) is 0 Å². The Labute approximate surface area is 79.2 Å². The number of hydrogen-bond donors (Lipinski definition) is 1. The molecule has 0 aromatic heterocycles. The molecule has 0 saturated heterocycles. The van der Waals surface area contributed by atoms with Gasteiger partial charge in [-0.25, -0.2) is 5.06 Å². The molecule has 1 aromatic carbocycles. The van der Waals surface area contributed by atoms with Crippen molar-refractivity contribution in [3.8, 4) is 0 Å². The van der Waals surface area contributed by atoms with Gasteiger partial charge < -0.3 is 0 Å². The molecule has 0 radical (unpaired) electrons. The lowest BCUT2D eigenvalue weighted by molar-refractivity contribution is 0.144.